The van der Waals surface area contributed by atoms with E-state index < -0.39 is 0 Å². The number of hydrogen-bond acceptors (Lipinski definition) is 3. The summed E-state index contributed by atoms with van der Waals surface area (Å²) < 4.78 is 7.18. The SMILES string of the molecule is O=C(COc1ccc(Br)cc1Br)Nc1ccc(C(=O)NCc2ccccc2)cc1. The van der Waals surface area contributed by atoms with Crippen LogP contribution in [0.1, 0.15) is 15.9 Å². The van der Waals surface area contributed by atoms with Crippen molar-refractivity contribution < 1.29 is 14.3 Å². The lowest BCUT2D eigenvalue weighted by atomic mass is 10.1. The minimum atomic E-state index is -0.291. The quantitative estimate of drug-likeness (QED) is 0.455. The van der Waals surface area contributed by atoms with Crippen molar-refractivity contribution in [1.29, 1.82) is 0 Å². The van der Waals surface area contributed by atoms with Crippen LogP contribution in [0.25, 0.3) is 0 Å². The lowest BCUT2D eigenvalue weighted by Crippen LogP contribution is -2.23. The zero-order chi connectivity index (χ0) is 20.6. The zero-order valence-corrected chi connectivity index (χ0v) is 18.5. The smallest absolute Gasteiger partial charge is 0.262 e. The summed E-state index contributed by atoms with van der Waals surface area (Å²) in [5, 5.41) is 5.62. The van der Waals surface area contributed by atoms with Crippen molar-refractivity contribution >= 4 is 49.4 Å². The van der Waals surface area contributed by atoms with Gasteiger partial charge in [-0.05, 0) is 64.0 Å². The summed E-state index contributed by atoms with van der Waals surface area (Å²) in [5.41, 5.74) is 2.14. The molecule has 0 spiro atoms. The van der Waals surface area contributed by atoms with Crippen molar-refractivity contribution in [2.45, 2.75) is 6.54 Å². The van der Waals surface area contributed by atoms with Crippen molar-refractivity contribution in [2.24, 2.45) is 0 Å². The molecule has 0 radical (unpaired) electrons. The molecule has 0 aliphatic carbocycles. The van der Waals surface area contributed by atoms with Crippen LogP contribution in [0.15, 0.2) is 81.7 Å². The molecular formula is C22H18Br2N2O3. The highest BCUT2D eigenvalue weighted by atomic mass is 79.9. The molecule has 0 heterocycles. The molecule has 3 aromatic rings. The fourth-order valence-corrected chi connectivity index (χ4v) is 3.68. The predicted molar refractivity (Wildman–Crippen MR) is 120 cm³/mol. The first-order valence-electron chi connectivity index (χ1n) is 8.81. The number of ether oxygens (including phenoxy) is 1. The maximum Gasteiger partial charge on any atom is 0.262 e. The van der Waals surface area contributed by atoms with Gasteiger partial charge in [-0.15, -0.1) is 0 Å². The minimum Gasteiger partial charge on any atom is -0.483 e. The highest BCUT2D eigenvalue weighted by Gasteiger charge is 2.09. The molecule has 2 N–H and O–H groups in total. The highest BCUT2D eigenvalue weighted by molar-refractivity contribution is 9.11. The first-order valence-corrected chi connectivity index (χ1v) is 10.4. The maximum atomic E-state index is 12.2. The Morgan fingerprint density at radius 3 is 2.31 bits per heavy atom. The third kappa shape index (κ3) is 6.44. The normalized spacial score (nSPS) is 10.3. The summed E-state index contributed by atoms with van der Waals surface area (Å²) in [6, 6.07) is 21.8. The molecule has 0 fully saturated rings. The molecule has 0 aromatic heterocycles. The van der Waals surface area contributed by atoms with Gasteiger partial charge in [-0.3, -0.25) is 9.59 Å². The number of amides is 2. The molecule has 148 valence electrons. The van der Waals surface area contributed by atoms with Crippen LogP contribution in [0.4, 0.5) is 5.69 Å². The number of nitrogens with one attached hydrogen (secondary N) is 2. The summed E-state index contributed by atoms with van der Waals surface area (Å²) in [7, 11) is 0. The lowest BCUT2D eigenvalue weighted by molar-refractivity contribution is -0.118. The molecule has 0 unspecified atom stereocenters. The van der Waals surface area contributed by atoms with Gasteiger partial charge in [0.1, 0.15) is 5.75 Å². The number of carbonyl (C=O) groups is 2. The lowest BCUT2D eigenvalue weighted by Gasteiger charge is -2.10. The summed E-state index contributed by atoms with van der Waals surface area (Å²) in [4.78, 5) is 24.3. The van der Waals surface area contributed by atoms with Gasteiger partial charge in [-0.25, -0.2) is 0 Å². The van der Waals surface area contributed by atoms with E-state index in [1.807, 2.05) is 42.5 Å². The summed E-state index contributed by atoms with van der Waals surface area (Å²) in [5.74, 6) is 0.116. The van der Waals surface area contributed by atoms with E-state index >= 15 is 0 Å². The number of rotatable bonds is 7. The number of benzene rings is 3. The van der Waals surface area contributed by atoms with Gasteiger partial charge >= 0.3 is 0 Å². The van der Waals surface area contributed by atoms with Crippen LogP contribution >= 0.6 is 31.9 Å². The second kappa shape index (κ2) is 10.2. The van der Waals surface area contributed by atoms with E-state index in [4.69, 9.17) is 4.74 Å². The Kier molecular flexibility index (Phi) is 7.43. The van der Waals surface area contributed by atoms with Crippen LogP contribution in [0.3, 0.4) is 0 Å². The van der Waals surface area contributed by atoms with Crippen LogP contribution in [-0.4, -0.2) is 18.4 Å². The van der Waals surface area contributed by atoms with Crippen molar-refractivity contribution in [2.75, 3.05) is 11.9 Å². The molecule has 0 saturated heterocycles. The van der Waals surface area contributed by atoms with Crippen molar-refractivity contribution in [3.8, 4) is 5.75 Å². The molecule has 2 amide bonds. The number of carbonyl (C=O) groups excluding carboxylic acids is 2. The predicted octanol–water partition coefficient (Wildman–Crippen LogP) is 5.16. The third-order valence-corrected chi connectivity index (χ3v) is 5.09. The number of hydrogen-bond donors (Lipinski definition) is 2. The molecule has 0 aliphatic rings. The van der Waals surface area contributed by atoms with E-state index in [0.29, 0.717) is 23.5 Å². The molecule has 5 nitrogen and oxygen atoms in total. The Bertz CT molecular complexity index is 993. The van der Waals surface area contributed by atoms with Crippen LogP contribution in [-0.2, 0) is 11.3 Å². The van der Waals surface area contributed by atoms with E-state index in [1.165, 1.54) is 0 Å². The zero-order valence-electron chi connectivity index (χ0n) is 15.3. The highest BCUT2D eigenvalue weighted by Crippen LogP contribution is 2.28. The molecule has 0 bridgehead atoms. The fraction of sp³-hybridized carbons (Fsp3) is 0.0909. The van der Waals surface area contributed by atoms with Crippen LogP contribution in [0.2, 0.25) is 0 Å². The Morgan fingerprint density at radius 1 is 0.897 bits per heavy atom. The van der Waals surface area contributed by atoms with Crippen molar-refractivity contribution in [3.05, 3.63) is 92.9 Å². The Morgan fingerprint density at radius 2 is 1.62 bits per heavy atom. The van der Waals surface area contributed by atoms with E-state index in [-0.39, 0.29) is 18.4 Å². The second-order valence-electron chi connectivity index (χ2n) is 6.16. The van der Waals surface area contributed by atoms with Crippen LogP contribution < -0.4 is 15.4 Å². The largest absolute Gasteiger partial charge is 0.483 e. The average molecular weight is 518 g/mol. The average Bonchev–Trinajstić information content (AvgIpc) is 2.72. The second-order valence-corrected chi connectivity index (χ2v) is 7.93. The molecule has 0 saturated carbocycles. The summed E-state index contributed by atoms with van der Waals surface area (Å²) in [6.07, 6.45) is 0. The van der Waals surface area contributed by atoms with E-state index in [1.54, 1.807) is 30.3 Å². The number of anilines is 1. The Hall–Kier alpha value is -2.64. The first-order chi connectivity index (χ1) is 14.0. The molecule has 3 aromatic carbocycles. The van der Waals surface area contributed by atoms with Crippen LogP contribution in [0.5, 0.6) is 5.75 Å². The van der Waals surface area contributed by atoms with Gasteiger partial charge in [0.25, 0.3) is 11.8 Å². The number of halogens is 2. The van der Waals surface area contributed by atoms with E-state index in [0.717, 1.165) is 14.5 Å². The van der Waals surface area contributed by atoms with Crippen molar-refractivity contribution in [3.63, 3.8) is 0 Å². The molecular weight excluding hydrogens is 500 g/mol. The Labute approximate surface area is 185 Å². The topological polar surface area (TPSA) is 67.4 Å². The summed E-state index contributed by atoms with van der Waals surface area (Å²) in [6.45, 7) is 0.334. The fourth-order valence-electron chi connectivity index (χ4n) is 2.52. The molecule has 7 heteroatoms. The minimum absolute atomic E-state index is 0.125. The summed E-state index contributed by atoms with van der Waals surface area (Å²) >= 11 is 6.75. The van der Waals surface area contributed by atoms with Crippen molar-refractivity contribution in [1.82, 2.24) is 5.32 Å². The van der Waals surface area contributed by atoms with E-state index in [2.05, 4.69) is 42.5 Å². The van der Waals surface area contributed by atoms with Gasteiger partial charge in [-0.1, -0.05) is 46.3 Å². The monoisotopic (exact) mass is 516 g/mol. The molecule has 0 aliphatic heterocycles. The van der Waals surface area contributed by atoms with Gasteiger partial charge in [0, 0.05) is 22.3 Å². The van der Waals surface area contributed by atoms with E-state index in [9.17, 15) is 9.59 Å². The van der Waals surface area contributed by atoms with Gasteiger partial charge in [-0.2, -0.15) is 0 Å². The van der Waals surface area contributed by atoms with Gasteiger partial charge in [0.15, 0.2) is 6.61 Å². The first kappa shape index (κ1) is 21.1. The standard InChI is InChI=1S/C22H18Br2N2O3/c23-17-8-11-20(19(24)12-17)29-14-21(27)26-18-9-6-16(7-10-18)22(28)25-13-15-4-2-1-3-5-15/h1-12H,13-14H2,(H,25,28)(H,26,27). The van der Waals surface area contributed by atoms with Gasteiger partial charge in [0.2, 0.25) is 0 Å². The third-order valence-electron chi connectivity index (χ3n) is 3.98. The van der Waals surface area contributed by atoms with Crippen LogP contribution in [0, 0.1) is 0 Å². The molecule has 3 rings (SSSR count). The van der Waals surface area contributed by atoms with Gasteiger partial charge in [0.05, 0.1) is 4.47 Å². The van der Waals surface area contributed by atoms with Gasteiger partial charge < -0.3 is 15.4 Å². The maximum absolute atomic E-state index is 12.2. The Balaban J connectivity index is 1.49. The molecule has 0 atom stereocenters. The molecule has 29 heavy (non-hydrogen) atoms.